The van der Waals surface area contributed by atoms with Crippen LogP contribution >= 0.6 is 0 Å². The van der Waals surface area contributed by atoms with Gasteiger partial charge >= 0.3 is 0 Å². The zero-order valence-electron chi connectivity index (χ0n) is 13.3. The molecule has 0 spiro atoms. The summed E-state index contributed by atoms with van der Waals surface area (Å²) in [4.78, 5) is 0. The van der Waals surface area contributed by atoms with Crippen molar-refractivity contribution in [3.05, 3.63) is 48.2 Å². The van der Waals surface area contributed by atoms with Crippen molar-refractivity contribution in [3.63, 3.8) is 0 Å². The van der Waals surface area contributed by atoms with Crippen molar-refractivity contribution in [1.29, 1.82) is 0 Å². The molecule has 0 atom stereocenters. The monoisotopic (exact) mass is 358 g/mol. The first kappa shape index (κ1) is 19.2. The molecule has 0 aliphatic heterocycles. The second-order valence-electron chi connectivity index (χ2n) is 4.68. The smallest absolute Gasteiger partial charge is 0.256 e. The first-order chi connectivity index (χ1) is 10.7. The molecule has 0 aliphatic rings. The fraction of sp³-hybridized carbons (Fsp3) is 0.333. The maximum Gasteiger partial charge on any atom is 0.256 e. The van der Waals surface area contributed by atoms with Crippen LogP contribution in [0.15, 0.2) is 48.2 Å². The summed E-state index contributed by atoms with van der Waals surface area (Å²) in [5.74, 6) is 0. The maximum atomic E-state index is 12.2. The molecule has 8 heteroatoms. The first-order valence-corrected chi connectivity index (χ1v) is 10.1. The largest absolute Gasteiger partial charge is 0.267 e. The summed E-state index contributed by atoms with van der Waals surface area (Å²) in [6.07, 6.45) is 0.611. The molecular formula is C15H22N2O4S2. The molecule has 1 aromatic rings. The van der Waals surface area contributed by atoms with E-state index in [1.54, 1.807) is 25.1 Å². The van der Waals surface area contributed by atoms with E-state index in [0.29, 0.717) is 17.8 Å². The van der Waals surface area contributed by atoms with E-state index in [9.17, 15) is 16.8 Å². The standard InChI is InChI=1S/C15H22N2O4S2/c1-5-12-17(23(20,21)8-4)15-11-9-10-14(13-15)16(6-2)22(18,19)7-3/h7-11,13H,3-6,12H2,1-2H3. The summed E-state index contributed by atoms with van der Waals surface area (Å²) in [5, 5.41) is 1.75. The number of nitrogens with zero attached hydrogens (tertiary/aromatic N) is 2. The quantitative estimate of drug-likeness (QED) is 0.680. The van der Waals surface area contributed by atoms with Gasteiger partial charge in [-0.3, -0.25) is 8.61 Å². The van der Waals surface area contributed by atoms with Crippen LogP contribution in [0, 0.1) is 0 Å². The Morgan fingerprint density at radius 3 is 1.87 bits per heavy atom. The number of rotatable bonds is 9. The van der Waals surface area contributed by atoms with Gasteiger partial charge in [0.1, 0.15) is 0 Å². The number of sulfonamides is 2. The minimum Gasteiger partial charge on any atom is -0.267 e. The lowest BCUT2D eigenvalue weighted by atomic mass is 10.2. The fourth-order valence-electron chi connectivity index (χ4n) is 2.10. The lowest BCUT2D eigenvalue weighted by Crippen LogP contribution is -2.31. The van der Waals surface area contributed by atoms with E-state index in [4.69, 9.17) is 0 Å². The van der Waals surface area contributed by atoms with Crippen LogP contribution in [0.2, 0.25) is 0 Å². The van der Waals surface area contributed by atoms with Crippen LogP contribution in [0.4, 0.5) is 11.4 Å². The van der Waals surface area contributed by atoms with Gasteiger partial charge < -0.3 is 0 Å². The minimum atomic E-state index is -3.66. The highest BCUT2D eigenvalue weighted by Crippen LogP contribution is 2.27. The SMILES string of the molecule is C=CS(=O)(=O)N(CC)c1cccc(N(CCC)S(=O)(=O)C=C)c1. The average Bonchev–Trinajstić information content (AvgIpc) is 2.53. The molecule has 0 unspecified atom stereocenters. The van der Waals surface area contributed by atoms with Crippen LogP contribution in [0.25, 0.3) is 0 Å². The van der Waals surface area contributed by atoms with Gasteiger partial charge in [-0.2, -0.15) is 0 Å². The first-order valence-electron chi connectivity index (χ1n) is 7.13. The molecule has 0 saturated carbocycles. The van der Waals surface area contributed by atoms with E-state index < -0.39 is 20.0 Å². The molecule has 0 aliphatic carbocycles. The maximum absolute atomic E-state index is 12.2. The predicted octanol–water partition coefficient (Wildman–Crippen LogP) is 2.68. The molecule has 0 saturated heterocycles. The van der Waals surface area contributed by atoms with Gasteiger partial charge in [0, 0.05) is 23.9 Å². The normalized spacial score (nSPS) is 11.7. The van der Waals surface area contributed by atoms with E-state index >= 15 is 0 Å². The van der Waals surface area contributed by atoms with Gasteiger partial charge in [0.05, 0.1) is 11.4 Å². The molecule has 6 nitrogen and oxygen atoms in total. The van der Waals surface area contributed by atoms with Crippen LogP contribution in [-0.2, 0) is 20.0 Å². The Labute approximate surface area is 138 Å². The van der Waals surface area contributed by atoms with E-state index in [1.807, 2.05) is 6.92 Å². The molecule has 0 N–H and O–H groups in total. The second-order valence-corrected chi connectivity index (χ2v) is 8.29. The highest BCUT2D eigenvalue weighted by Gasteiger charge is 2.21. The molecule has 0 fully saturated rings. The van der Waals surface area contributed by atoms with Gasteiger partial charge in [-0.25, -0.2) is 16.8 Å². The third kappa shape index (κ3) is 4.35. The van der Waals surface area contributed by atoms with Gasteiger partial charge in [0.2, 0.25) is 0 Å². The van der Waals surface area contributed by atoms with Gasteiger partial charge in [0.25, 0.3) is 20.0 Å². The van der Waals surface area contributed by atoms with E-state index in [1.165, 1.54) is 10.4 Å². The Kier molecular flexibility index (Phi) is 6.40. The van der Waals surface area contributed by atoms with Crippen molar-refractivity contribution in [1.82, 2.24) is 0 Å². The van der Waals surface area contributed by atoms with Crippen LogP contribution in [0.1, 0.15) is 20.3 Å². The molecule has 128 valence electrons. The van der Waals surface area contributed by atoms with Gasteiger partial charge in [-0.05, 0) is 31.5 Å². The molecule has 1 aromatic carbocycles. The zero-order valence-corrected chi connectivity index (χ0v) is 15.0. The van der Waals surface area contributed by atoms with E-state index in [0.717, 1.165) is 15.1 Å². The van der Waals surface area contributed by atoms with Gasteiger partial charge in [-0.1, -0.05) is 26.1 Å². The van der Waals surface area contributed by atoms with Gasteiger partial charge in [0.15, 0.2) is 0 Å². The predicted molar refractivity (Wildman–Crippen MR) is 95.3 cm³/mol. The summed E-state index contributed by atoms with van der Waals surface area (Å²) in [5.41, 5.74) is 0.771. The fourth-order valence-corrected chi connectivity index (χ4v) is 4.07. The number of hydrogen-bond donors (Lipinski definition) is 0. The van der Waals surface area contributed by atoms with Crippen molar-refractivity contribution in [2.24, 2.45) is 0 Å². The highest BCUT2D eigenvalue weighted by molar-refractivity contribution is 7.95. The van der Waals surface area contributed by atoms with Crippen LogP contribution in [0.5, 0.6) is 0 Å². The Morgan fingerprint density at radius 2 is 1.43 bits per heavy atom. The number of hydrogen-bond acceptors (Lipinski definition) is 4. The Bertz CT molecular complexity index is 770. The number of anilines is 2. The van der Waals surface area contributed by atoms with E-state index in [2.05, 4.69) is 13.2 Å². The molecule has 1 rings (SSSR count). The summed E-state index contributed by atoms with van der Waals surface area (Å²) in [6.45, 7) is 10.7. The molecule has 23 heavy (non-hydrogen) atoms. The van der Waals surface area contributed by atoms with E-state index in [-0.39, 0.29) is 13.1 Å². The summed E-state index contributed by atoms with van der Waals surface area (Å²) < 4.78 is 50.8. The van der Waals surface area contributed by atoms with Crippen LogP contribution < -0.4 is 8.61 Å². The lowest BCUT2D eigenvalue weighted by molar-refractivity contribution is 0.598. The van der Waals surface area contributed by atoms with Crippen LogP contribution in [0.3, 0.4) is 0 Å². The molecule has 0 aromatic heterocycles. The highest BCUT2D eigenvalue weighted by atomic mass is 32.2. The molecular weight excluding hydrogens is 336 g/mol. The van der Waals surface area contributed by atoms with Gasteiger partial charge in [-0.15, -0.1) is 0 Å². The second kappa shape index (κ2) is 7.65. The van der Waals surface area contributed by atoms with Crippen molar-refractivity contribution in [3.8, 4) is 0 Å². The topological polar surface area (TPSA) is 74.8 Å². The minimum absolute atomic E-state index is 0.208. The Hall–Kier alpha value is -1.80. The van der Waals surface area contributed by atoms with Crippen molar-refractivity contribution < 1.29 is 16.8 Å². The Balaban J connectivity index is 3.42. The lowest BCUT2D eigenvalue weighted by Gasteiger charge is -2.25. The molecule has 0 bridgehead atoms. The average molecular weight is 358 g/mol. The third-order valence-electron chi connectivity index (χ3n) is 3.16. The number of benzene rings is 1. The summed E-state index contributed by atoms with van der Waals surface area (Å²) >= 11 is 0. The summed E-state index contributed by atoms with van der Waals surface area (Å²) in [7, 11) is -7.31. The third-order valence-corrected chi connectivity index (χ3v) is 6.09. The van der Waals surface area contributed by atoms with Crippen molar-refractivity contribution in [2.45, 2.75) is 20.3 Å². The zero-order chi connectivity index (χ0) is 17.7. The molecule has 0 radical (unpaired) electrons. The molecule has 0 heterocycles. The molecule has 0 amide bonds. The summed E-state index contributed by atoms with van der Waals surface area (Å²) in [6, 6.07) is 6.38. The Morgan fingerprint density at radius 1 is 0.957 bits per heavy atom. The van der Waals surface area contributed by atoms with Crippen molar-refractivity contribution in [2.75, 3.05) is 21.7 Å². The van der Waals surface area contributed by atoms with Crippen molar-refractivity contribution >= 4 is 31.4 Å². The van der Waals surface area contributed by atoms with Crippen LogP contribution in [-0.4, -0.2) is 29.9 Å².